The Morgan fingerprint density at radius 2 is 2.33 bits per heavy atom. The molecule has 0 N–H and O–H groups in total. The smallest absolute Gasteiger partial charge is 0.401 e. The summed E-state index contributed by atoms with van der Waals surface area (Å²) in [4.78, 5) is 25.7. The van der Waals surface area contributed by atoms with Crippen LogP contribution in [0.5, 0.6) is 0 Å². The molecule has 1 aromatic rings. The van der Waals surface area contributed by atoms with Gasteiger partial charge in [0.1, 0.15) is 20.8 Å². The van der Waals surface area contributed by atoms with Crippen molar-refractivity contribution in [2.24, 2.45) is 4.99 Å². The Hall–Kier alpha value is -2.06. The predicted molar refractivity (Wildman–Crippen MR) is 85.2 cm³/mol. The molecule has 1 aliphatic rings. The second kappa shape index (κ2) is 7.09. The van der Waals surface area contributed by atoms with E-state index in [9.17, 15) is 14.9 Å². The van der Waals surface area contributed by atoms with Crippen LogP contribution >= 0.6 is 23.5 Å². The van der Waals surface area contributed by atoms with Crippen molar-refractivity contribution >= 4 is 45.0 Å². The van der Waals surface area contributed by atoms with Crippen LogP contribution < -0.4 is 0 Å². The third kappa shape index (κ3) is 4.20. The van der Waals surface area contributed by atoms with Crippen molar-refractivity contribution < 1.29 is 14.1 Å². The van der Waals surface area contributed by atoms with Crippen LogP contribution in [0.4, 0.5) is 5.88 Å². The standard InChI is InChI=1S/C13H10N2O4S2/c1-2-8-20-13-14-10(12(16)21-13)5-3-4-9-6-7-11(19-9)15(17)18/h2-7H,1,8H2/b4-3+,10-5-. The van der Waals surface area contributed by atoms with E-state index in [1.807, 2.05) is 0 Å². The number of nitrogens with zero attached hydrogens (tertiary/aromatic N) is 2. The predicted octanol–water partition coefficient (Wildman–Crippen LogP) is 3.63. The Bertz CT molecular complexity index is 673. The van der Waals surface area contributed by atoms with Crippen molar-refractivity contribution in [3.05, 3.63) is 58.5 Å². The SMILES string of the molecule is C=CCSC1=N/C(=C\C=C\c2ccc([N+](=O)[O-])o2)C(=O)S1. The third-order valence-corrected chi connectivity index (χ3v) is 4.24. The van der Waals surface area contributed by atoms with E-state index in [1.54, 1.807) is 18.2 Å². The lowest BCUT2D eigenvalue weighted by atomic mass is 10.3. The van der Waals surface area contributed by atoms with Crippen LogP contribution in [-0.2, 0) is 4.79 Å². The molecule has 108 valence electrons. The molecule has 0 radical (unpaired) electrons. The van der Waals surface area contributed by atoms with Crippen molar-refractivity contribution in [2.45, 2.75) is 0 Å². The maximum absolute atomic E-state index is 11.7. The average molecular weight is 322 g/mol. The summed E-state index contributed by atoms with van der Waals surface area (Å²) in [5.74, 6) is 0.705. The molecule has 0 unspecified atom stereocenters. The van der Waals surface area contributed by atoms with Gasteiger partial charge in [0, 0.05) is 5.75 Å². The fourth-order valence-corrected chi connectivity index (χ4v) is 2.97. The Morgan fingerprint density at radius 3 is 3.00 bits per heavy atom. The summed E-state index contributed by atoms with van der Waals surface area (Å²) < 4.78 is 5.64. The molecule has 21 heavy (non-hydrogen) atoms. The summed E-state index contributed by atoms with van der Waals surface area (Å²) in [6.07, 6.45) is 6.39. The van der Waals surface area contributed by atoms with Gasteiger partial charge < -0.3 is 4.42 Å². The van der Waals surface area contributed by atoms with Gasteiger partial charge in [0.15, 0.2) is 0 Å². The van der Waals surface area contributed by atoms with E-state index in [0.29, 0.717) is 21.6 Å². The van der Waals surface area contributed by atoms with Gasteiger partial charge in [-0.15, -0.1) is 6.58 Å². The zero-order chi connectivity index (χ0) is 15.2. The highest BCUT2D eigenvalue weighted by Gasteiger charge is 2.21. The molecule has 0 aromatic carbocycles. The second-order valence-electron chi connectivity index (χ2n) is 3.71. The molecule has 0 spiro atoms. The van der Waals surface area contributed by atoms with Crippen LogP contribution in [0, 0.1) is 10.1 Å². The highest BCUT2D eigenvalue weighted by atomic mass is 32.2. The second-order valence-corrected chi connectivity index (χ2v) is 5.94. The Kier molecular flexibility index (Phi) is 5.18. The summed E-state index contributed by atoms with van der Waals surface area (Å²) in [6.45, 7) is 3.60. The van der Waals surface area contributed by atoms with Crippen molar-refractivity contribution in [2.75, 3.05) is 5.75 Å². The molecule has 8 heteroatoms. The maximum Gasteiger partial charge on any atom is 0.433 e. The first-order valence-electron chi connectivity index (χ1n) is 5.77. The van der Waals surface area contributed by atoms with Crippen molar-refractivity contribution in [3.63, 3.8) is 0 Å². The van der Waals surface area contributed by atoms with Gasteiger partial charge >= 0.3 is 5.88 Å². The molecule has 6 nitrogen and oxygen atoms in total. The van der Waals surface area contributed by atoms with E-state index in [0.717, 1.165) is 11.8 Å². The molecule has 0 saturated heterocycles. The molecule has 2 rings (SSSR count). The van der Waals surface area contributed by atoms with Gasteiger partial charge in [-0.1, -0.05) is 23.9 Å². The van der Waals surface area contributed by atoms with Crippen LogP contribution in [-0.4, -0.2) is 20.2 Å². The number of thioether (sulfide) groups is 2. The Balaban J connectivity index is 2.03. The van der Waals surface area contributed by atoms with E-state index < -0.39 is 4.92 Å². The zero-order valence-corrected chi connectivity index (χ0v) is 12.4. The Morgan fingerprint density at radius 1 is 1.52 bits per heavy atom. The maximum atomic E-state index is 11.7. The lowest BCUT2D eigenvalue weighted by Crippen LogP contribution is -1.87. The molecule has 0 fully saturated rings. The highest BCUT2D eigenvalue weighted by Crippen LogP contribution is 2.29. The molecule has 0 aliphatic carbocycles. The van der Waals surface area contributed by atoms with Gasteiger partial charge in [0.2, 0.25) is 5.12 Å². The Labute approximate surface area is 128 Å². The van der Waals surface area contributed by atoms with E-state index in [2.05, 4.69) is 11.6 Å². The van der Waals surface area contributed by atoms with Gasteiger partial charge in [-0.25, -0.2) is 4.99 Å². The minimum atomic E-state index is -0.611. The first kappa shape index (κ1) is 15.3. The quantitative estimate of drug-likeness (QED) is 0.356. The molecule has 0 bridgehead atoms. The molecule has 0 atom stereocenters. The lowest BCUT2D eigenvalue weighted by Gasteiger charge is -1.90. The number of furan rings is 1. The minimum Gasteiger partial charge on any atom is -0.401 e. The summed E-state index contributed by atoms with van der Waals surface area (Å²) >= 11 is 2.52. The summed E-state index contributed by atoms with van der Waals surface area (Å²) in [6, 6.07) is 2.75. The van der Waals surface area contributed by atoms with E-state index >= 15 is 0 Å². The van der Waals surface area contributed by atoms with E-state index in [1.165, 1.54) is 30.0 Å². The fourth-order valence-electron chi connectivity index (χ4n) is 1.36. The van der Waals surface area contributed by atoms with E-state index in [-0.39, 0.29) is 11.0 Å². The number of carbonyl (C=O) groups excluding carboxylic acids is 1. The van der Waals surface area contributed by atoms with Gasteiger partial charge in [-0.2, -0.15) is 0 Å². The zero-order valence-electron chi connectivity index (χ0n) is 10.7. The van der Waals surface area contributed by atoms with Gasteiger partial charge in [0.25, 0.3) is 0 Å². The first-order valence-corrected chi connectivity index (χ1v) is 7.57. The molecule has 0 amide bonds. The molecule has 1 aromatic heterocycles. The van der Waals surface area contributed by atoms with Crippen LogP contribution in [0.2, 0.25) is 0 Å². The number of hydrogen-bond acceptors (Lipinski definition) is 7. The largest absolute Gasteiger partial charge is 0.433 e. The molecule has 0 saturated carbocycles. The molecular weight excluding hydrogens is 312 g/mol. The summed E-state index contributed by atoms with van der Waals surface area (Å²) in [7, 11) is 0. The average Bonchev–Trinajstić information content (AvgIpc) is 3.04. The monoisotopic (exact) mass is 322 g/mol. The first-order chi connectivity index (χ1) is 10.1. The summed E-state index contributed by atoms with van der Waals surface area (Å²) in [5.41, 5.74) is 0.337. The third-order valence-electron chi connectivity index (χ3n) is 2.23. The highest BCUT2D eigenvalue weighted by molar-refractivity contribution is 8.45. The minimum absolute atomic E-state index is 0.128. The summed E-state index contributed by atoms with van der Waals surface area (Å²) in [5, 5.41) is 10.3. The van der Waals surface area contributed by atoms with Gasteiger partial charge in [0.05, 0.1) is 6.07 Å². The number of allylic oxidation sites excluding steroid dienone is 2. The van der Waals surface area contributed by atoms with Gasteiger partial charge in [-0.3, -0.25) is 14.9 Å². The lowest BCUT2D eigenvalue weighted by molar-refractivity contribution is -0.402. The number of rotatable bonds is 5. The fraction of sp³-hybridized carbons (Fsp3) is 0.0769. The molecule has 1 aliphatic heterocycles. The van der Waals surface area contributed by atoms with Crippen LogP contribution in [0.15, 0.2) is 52.0 Å². The van der Waals surface area contributed by atoms with Crippen LogP contribution in [0.1, 0.15) is 5.76 Å². The molecule has 2 heterocycles. The number of aliphatic imine (C=N–C) groups is 1. The van der Waals surface area contributed by atoms with E-state index in [4.69, 9.17) is 4.42 Å². The number of nitro groups is 1. The van der Waals surface area contributed by atoms with Crippen molar-refractivity contribution in [1.29, 1.82) is 0 Å². The number of carbonyl (C=O) groups is 1. The van der Waals surface area contributed by atoms with Crippen LogP contribution in [0.3, 0.4) is 0 Å². The molecular formula is C13H10N2O4S2. The van der Waals surface area contributed by atoms with Crippen molar-refractivity contribution in [3.8, 4) is 0 Å². The van der Waals surface area contributed by atoms with Crippen molar-refractivity contribution in [1.82, 2.24) is 0 Å². The number of hydrogen-bond donors (Lipinski definition) is 0. The van der Waals surface area contributed by atoms with Gasteiger partial charge in [-0.05, 0) is 30.0 Å². The topological polar surface area (TPSA) is 85.7 Å². The normalized spacial score (nSPS) is 16.7. The van der Waals surface area contributed by atoms with Crippen LogP contribution in [0.25, 0.3) is 6.08 Å².